The van der Waals surface area contributed by atoms with Gasteiger partial charge in [-0.15, -0.1) is 0 Å². The molecule has 0 saturated carbocycles. The second-order valence-corrected chi connectivity index (χ2v) is 4.70. The summed E-state index contributed by atoms with van der Waals surface area (Å²) in [6.07, 6.45) is 0. The fourth-order valence-electron chi connectivity index (χ4n) is 1.60. The van der Waals surface area contributed by atoms with E-state index in [1.54, 1.807) is 38.1 Å². The van der Waals surface area contributed by atoms with E-state index in [-0.39, 0.29) is 10.8 Å². The van der Waals surface area contributed by atoms with Gasteiger partial charge >= 0.3 is 0 Å². The Morgan fingerprint density at radius 1 is 1.11 bits per heavy atom. The minimum atomic E-state index is -0.196. The molecule has 18 heavy (non-hydrogen) atoms. The molecule has 0 aliphatic carbocycles. The summed E-state index contributed by atoms with van der Waals surface area (Å²) in [5.74, 6) is -0.196. The lowest BCUT2D eigenvalue weighted by atomic mass is 10.0. The first-order chi connectivity index (χ1) is 8.50. The van der Waals surface area contributed by atoms with E-state index >= 15 is 0 Å². The van der Waals surface area contributed by atoms with Crippen molar-refractivity contribution in [2.75, 3.05) is 0 Å². The third-order valence-corrected chi connectivity index (χ3v) is 3.36. The average Bonchev–Trinajstić information content (AvgIpc) is 2.35. The Hall–Kier alpha value is -1.45. The number of halogens is 2. The summed E-state index contributed by atoms with van der Waals surface area (Å²) < 4.78 is 0. The SMILES string of the molecule is Cc1cc(C(=O)c2cccc(Cl)c2Cl)c(C)nn1. The molecule has 2 aromatic rings. The zero-order valence-electron chi connectivity index (χ0n) is 9.87. The predicted molar refractivity (Wildman–Crippen MR) is 71.4 cm³/mol. The maximum atomic E-state index is 12.4. The lowest BCUT2D eigenvalue weighted by Crippen LogP contribution is -2.07. The predicted octanol–water partition coefficient (Wildman–Crippen LogP) is 3.63. The van der Waals surface area contributed by atoms with Crippen LogP contribution < -0.4 is 0 Å². The quantitative estimate of drug-likeness (QED) is 0.789. The topological polar surface area (TPSA) is 42.9 Å². The summed E-state index contributed by atoms with van der Waals surface area (Å²) in [4.78, 5) is 12.4. The Bertz CT molecular complexity index is 622. The van der Waals surface area contributed by atoms with Crippen LogP contribution in [-0.2, 0) is 0 Å². The monoisotopic (exact) mass is 280 g/mol. The highest BCUT2D eigenvalue weighted by molar-refractivity contribution is 6.44. The summed E-state index contributed by atoms with van der Waals surface area (Å²) in [6, 6.07) is 6.68. The van der Waals surface area contributed by atoms with Crippen LogP contribution in [0, 0.1) is 13.8 Å². The van der Waals surface area contributed by atoms with Gasteiger partial charge in [-0.05, 0) is 32.0 Å². The summed E-state index contributed by atoms with van der Waals surface area (Å²) in [5, 5.41) is 8.45. The molecule has 0 spiro atoms. The second-order valence-electron chi connectivity index (χ2n) is 3.92. The Labute approximate surface area is 115 Å². The number of benzene rings is 1. The molecule has 3 nitrogen and oxygen atoms in total. The molecule has 0 unspecified atom stereocenters. The summed E-state index contributed by atoms with van der Waals surface area (Å²) in [5.41, 5.74) is 2.12. The minimum absolute atomic E-state index is 0.196. The minimum Gasteiger partial charge on any atom is -0.288 e. The molecule has 5 heteroatoms. The van der Waals surface area contributed by atoms with E-state index in [0.717, 1.165) is 0 Å². The van der Waals surface area contributed by atoms with Gasteiger partial charge in [-0.3, -0.25) is 4.79 Å². The number of carbonyl (C=O) groups is 1. The molecule has 0 amide bonds. The molecule has 0 bridgehead atoms. The van der Waals surface area contributed by atoms with Gasteiger partial charge in [0.25, 0.3) is 0 Å². The van der Waals surface area contributed by atoms with Crippen molar-refractivity contribution in [1.29, 1.82) is 0 Å². The van der Waals surface area contributed by atoms with Gasteiger partial charge < -0.3 is 0 Å². The third-order valence-electron chi connectivity index (χ3n) is 2.54. The van der Waals surface area contributed by atoms with Crippen LogP contribution in [0.2, 0.25) is 10.0 Å². The van der Waals surface area contributed by atoms with E-state index in [1.165, 1.54) is 0 Å². The van der Waals surface area contributed by atoms with Crippen molar-refractivity contribution in [3.63, 3.8) is 0 Å². The molecule has 0 aliphatic heterocycles. The Morgan fingerprint density at radius 2 is 1.83 bits per heavy atom. The van der Waals surface area contributed by atoms with Crippen molar-refractivity contribution in [1.82, 2.24) is 10.2 Å². The Balaban J connectivity index is 2.55. The van der Waals surface area contributed by atoms with Gasteiger partial charge in [0.1, 0.15) is 0 Å². The van der Waals surface area contributed by atoms with Gasteiger partial charge in [0.05, 0.1) is 21.4 Å². The molecular weight excluding hydrogens is 271 g/mol. The molecule has 1 aromatic carbocycles. The van der Waals surface area contributed by atoms with E-state index in [2.05, 4.69) is 10.2 Å². The molecule has 0 saturated heterocycles. The maximum Gasteiger partial charge on any atom is 0.196 e. The standard InChI is InChI=1S/C13H10Cl2N2O/c1-7-6-10(8(2)17-16-7)13(18)9-4-3-5-11(14)12(9)15/h3-6H,1-2H3. The fourth-order valence-corrected chi connectivity index (χ4v) is 1.99. The third kappa shape index (κ3) is 2.37. The van der Waals surface area contributed by atoms with E-state index in [4.69, 9.17) is 23.2 Å². The van der Waals surface area contributed by atoms with Gasteiger partial charge in [0.15, 0.2) is 5.78 Å². The van der Waals surface area contributed by atoms with Gasteiger partial charge in [0, 0.05) is 11.1 Å². The number of carbonyl (C=O) groups excluding carboxylic acids is 1. The van der Waals surface area contributed by atoms with Crippen LogP contribution in [0.1, 0.15) is 27.3 Å². The first kappa shape index (κ1) is 13.0. The molecule has 1 aromatic heterocycles. The number of aryl methyl sites for hydroxylation is 2. The number of ketones is 1. The number of nitrogens with zero attached hydrogens (tertiary/aromatic N) is 2. The first-order valence-corrected chi connectivity index (χ1v) is 6.06. The van der Waals surface area contributed by atoms with Crippen LogP contribution in [0.15, 0.2) is 24.3 Å². The number of hydrogen-bond acceptors (Lipinski definition) is 3. The van der Waals surface area contributed by atoms with Crippen LogP contribution in [0.4, 0.5) is 0 Å². The zero-order chi connectivity index (χ0) is 13.3. The number of aromatic nitrogens is 2. The zero-order valence-corrected chi connectivity index (χ0v) is 11.4. The average molecular weight is 281 g/mol. The van der Waals surface area contributed by atoms with Gasteiger partial charge in [-0.25, -0.2) is 0 Å². The van der Waals surface area contributed by atoms with Gasteiger partial charge in [0.2, 0.25) is 0 Å². The van der Waals surface area contributed by atoms with Crippen LogP contribution >= 0.6 is 23.2 Å². The van der Waals surface area contributed by atoms with Crippen molar-refractivity contribution in [2.24, 2.45) is 0 Å². The second kappa shape index (κ2) is 5.04. The molecule has 0 aliphatic rings. The largest absolute Gasteiger partial charge is 0.288 e. The molecule has 1 heterocycles. The highest BCUT2D eigenvalue weighted by Gasteiger charge is 2.17. The molecule has 0 fully saturated rings. The van der Waals surface area contributed by atoms with Crippen LogP contribution in [0.3, 0.4) is 0 Å². The maximum absolute atomic E-state index is 12.4. The van der Waals surface area contributed by atoms with E-state index in [1.807, 2.05) is 0 Å². The highest BCUT2D eigenvalue weighted by atomic mass is 35.5. The smallest absolute Gasteiger partial charge is 0.196 e. The fraction of sp³-hybridized carbons (Fsp3) is 0.154. The van der Waals surface area contributed by atoms with Crippen LogP contribution in [0.25, 0.3) is 0 Å². The van der Waals surface area contributed by atoms with Crippen LogP contribution in [-0.4, -0.2) is 16.0 Å². The van der Waals surface area contributed by atoms with Crippen molar-refractivity contribution < 1.29 is 4.79 Å². The first-order valence-electron chi connectivity index (χ1n) is 5.30. The summed E-state index contributed by atoms with van der Waals surface area (Å²) >= 11 is 11.9. The van der Waals surface area contributed by atoms with E-state index in [9.17, 15) is 4.79 Å². The van der Waals surface area contributed by atoms with Crippen molar-refractivity contribution >= 4 is 29.0 Å². The number of hydrogen-bond donors (Lipinski definition) is 0. The molecule has 0 atom stereocenters. The molecule has 0 radical (unpaired) electrons. The molecule has 92 valence electrons. The summed E-state index contributed by atoms with van der Waals surface area (Å²) in [7, 11) is 0. The Kier molecular flexibility index (Phi) is 3.64. The number of rotatable bonds is 2. The molecule has 2 rings (SSSR count). The van der Waals surface area contributed by atoms with Crippen molar-refractivity contribution in [2.45, 2.75) is 13.8 Å². The highest BCUT2D eigenvalue weighted by Crippen LogP contribution is 2.27. The van der Waals surface area contributed by atoms with Crippen LogP contribution in [0.5, 0.6) is 0 Å². The molecular formula is C13H10Cl2N2O. The van der Waals surface area contributed by atoms with E-state index in [0.29, 0.717) is 27.5 Å². The van der Waals surface area contributed by atoms with E-state index < -0.39 is 0 Å². The van der Waals surface area contributed by atoms with Gasteiger partial charge in [-0.1, -0.05) is 29.3 Å². The lowest BCUT2D eigenvalue weighted by molar-refractivity contribution is 0.103. The van der Waals surface area contributed by atoms with Crippen molar-refractivity contribution in [3.8, 4) is 0 Å². The van der Waals surface area contributed by atoms with Gasteiger partial charge in [-0.2, -0.15) is 10.2 Å². The normalized spacial score (nSPS) is 10.4. The molecule has 0 N–H and O–H groups in total. The lowest BCUT2D eigenvalue weighted by Gasteiger charge is -2.07. The van der Waals surface area contributed by atoms with Crippen molar-refractivity contribution in [3.05, 3.63) is 56.8 Å². The summed E-state index contributed by atoms with van der Waals surface area (Å²) in [6.45, 7) is 3.51. The Morgan fingerprint density at radius 3 is 2.56 bits per heavy atom.